The van der Waals surface area contributed by atoms with Crippen LogP contribution in [0.2, 0.25) is 0 Å². The Labute approximate surface area is 112 Å². The van der Waals surface area contributed by atoms with Crippen LogP contribution < -0.4 is 11.1 Å². The van der Waals surface area contributed by atoms with Crippen LogP contribution in [0, 0.1) is 12.3 Å². The van der Waals surface area contributed by atoms with Gasteiger partial charge in [-0.15, -0.1) is 0 Å². The van der Waals surface area contributed by atoms with Gasteiger partial charge in [-0.2, -0.15) is 0 Å². The summed E-state index contributed by atoms with van der Waals surface area (Å²) in [4.78, 5) is 0. The Hall–Kier alpha value is -2.29. The van der Waals surface area contributed by atoms with Crippen LogP contribution in [-0.4, -0.2) is 4.57 Å². The Kier molecular flexibility index (Phi) is 2.56. The molecule has 1 heterocycles. The third-order valence-electron chi connectivity index (χ3n) is 3.73. The van der Waals surface area contributed by atoms with E-state index in [1.54, 1.807) is 0 Å². The smallest absolute Gasteiger partial charge is 0.0561 e. The van der Waals surface area contributed by atoms with Crippen LogP contribution in [0.3, 0.4) is 0 Å². The average molecular weight is 251 g/mol. The molecule has 0 unspecified atom stereocenters. The molecular formula is C16H17N3. The molecule has 19 heavy (non-hydrogen) atoms. The van der Waals surface area contributed by atoms with Crippen molar-refractivity contribution >= 4 is 16.5 Å². The van der Waals surface area contributed by atoms with E-state index < -0.39 is 0 Å². The summed E-state index contributed by atoms with van der Waals surface area (Å²) in [5, 5.41) is 10.8. The second kappa shape index (κ2) is 4.12. The lowest BCUT2D eigenvalue weighted by Crippen LogP contribution is -2.11. The Bertz CT molecular complexity index is 799. The number of aromatic nitrogens is 1. The third kappa shape index (κ3) is 1.70. The molecule has 1 aliphatic carbocycles. The predicted molar refractivity (Wildman–Crippen MR) is 79.2 cm³/mol. The largest absolute Gasteiger partial charge is 0.399 e. The van der Waals surface area contributed by atoms with Crippen molar-refractivity contribution in [2.75, 3.05) is 5.73 Å². The van der Waals surface area contributed by atoms with E-state index in [0.717, 1.165) is 17.9 Å². The Morgan fingerprint density at radius 1 is 1.11 bits per heavy atom. The second-order valence-electron chi connectivity index (χ2n) is 4.87. The van der Waals surface area contributed by atoms with Gasteiger partial charge in [0, 0.05) is 28.9 Å². The Morgan fingerprint density at radius 3 is 2.63 bits per heavy atom. The predicted octanol–water partition coefficient (Wildman–Crippen LogP) is 3.14. The Balaban J connectivity index is 2.60. The standard InChI is InChI=1S/C16H17N3/c1-3-19-10(2)15-8-11(17)4-6-13(15)14-7-5-12(18)9-16(14)19/h4-9,18H,3,17H2,1-2H3. The molecule has 0 saturated heterocycles. The summed E-state index contributed by atoms with van der Waals surface area (Å²) in [6.07, 6.45) is 0. The maximum absolute atomic E-state index is 7.83. The molecule has 0 spiro atoms. The minimum atomic E-state index is 0.545. The molecule has 1 aromatic carbocycles. The van der Waals surface area contributed by atoms with E-state index in [1.165, 1.54) is 22.0 Å². The van der Waals surface area contributed by atoms with Crippen LogP contribution in [0.5, 0.6) is 0 Å². The van der Waals surface area contributed by atoms with Crippen molar-refractivity contribution in [1.82, 2.24) is 4.57 Å². The van der Waals surface area contributed by atoms with E-state index >= 15 is 0 Å². The zero-order chi connectivity index (χ0) is 13.6. The van der Waals surface area contributed by atoms with Gasteiger partial charge in [0.1, 0.15) is 0 Å². The highest BCUT2D eigenvalue weighted by Crippen LogP contribution is 2.33. The van der Waals surface area contributed by atoms with E-state index in [4.69, 9.17) is 11.1 Å². The highest BCUT2D eigenvalue weighted by atomic mass is 15.0. The number of nitrogens with zero attached hydrogens (tertiary/aromatic N) is 1. The first-order valence-electron chi connectivity index (χ1n) is 6.49. The van der Waals surface area contributed by atoms with E-state index in [1.807, 2.05) is 30.3 Å². The first-order valence-corrected chi connectivity index (χ1v) is 6.49. The molecule has 0 atom stereocenters. The van der Waals surface area contributed by atoms with Gasteiger partial charge in [0.15, 0.2) is 0 Å². The van der Waals surface area contributed by atoms with Crippen LogP contribution in [0.4, 0.5) is 5.69 Å². The number of nitrogens with two attached hydrogens (primary N) is 1. The molecule has 0 bridgehead atoms. The SMILES string of the molecule is CCn1c2cc(=N)ccc-2c2ccc(N)cc2c1C. The van der Waals surface area contributed by atoms with Crippen molar-refractivity contribution in [3.63, 3.8) is 0 Å². The monoisotopic (exact) mass is 251 g/mol. The van der Waals surface area contributed by atoms with Gasteiger partial charge in [-0.3, -0.25) is 0 Å². The number of nitrogen functional groups attached to an aromatic ring is 1. The van der Waals surface area contributed by atoms with Crippen LogP contribution in [0.1, 0.15) is 12.6 Å². The molecular weight excluding hydrogens is 234 g/mol. The molecule has 0 radical (unpaired) electrons. The molecule has 1 aromatic rings. The van der Waals surface area contributed by atoms with Gasteiger partial charge < -0.3 is 15.7 Å². The number of anilines is 1. The summed E-state index contributed by atoms with van der Waals surface area (Å²) in [7, 11) is 0. The normalized spacial score (nSPS) is 11.3. The number of rotatable bonds is 1. The number of fused-ring (bicyclic) bond motifs is 3. The first kappa shape index (κ1) is 11.8. The van der Waals surface area contributed by atoms with Gasteiger partial charge in [0.2, 0.25) is 0 Å². The highest BCUT2D eigenvalue weighted by molar-refractivity contribution is 5.99. The van der Waals surface area contributed by atoms with Crippen LogP contribution in [-0.2, 0) is 6.54 Å². The average Bonchev–Trinajstić information content (AvgIpc) is 2.39. The van der Waals surface area contributed by atoms with Gasteiger partial charge in [0.25, 0.3) is 0 Å². The summed E-state index contributed by atoms with van der Waals surface area (Å²) >= 11 is 0. The van der Waals surface area contributed by atoms with Gasteiger partial charge in [-0.25, -0.2) is 0 Å². The fourth-order valence-corrected chi connectivity index (χ4v) is 2.81. The summed E-state index contributed by atoms with van der Waals surface area (Å²) in [5.74, 6) is 0. The number of hydrogen-bond acceptors (Lipinski definition) is 2. The van der Waals surface area contributed by atoms with Gasteiger partial charge in [0.05, 0.1) is 11.1 Å². The fraction of sp³-hybridized carbons (Fsp3) is 0.188. The lowest BCUT2D eigenvalue weighted by atomic mass is 9.98. The first-order chi connectivity index (χ1) is 9.11. The van der Waals surface area contributed by atoms with E-state index in [2.05, 4.69) is 24.5 Å². The molecule has 0 aromatic heterocycles. The zero-order valence-corrected chi connectivity index (χ0v) is 11.2. The molecule has 0 saturated carbocycles. The summed E-state index contributed by atoms with van der Waals surface area (Å²) < 4.78 is 2.25. The Morgan fingerprint density at radius 2 is 1.89 bits per heavy atom. The minimum absolute atomic E-state index is 0.545. The number of nitrogens with one attached hydrogen (secondary N) is 1. The van der Waals surface area contributed by atoms with Crippen LogP contribution >= 0.6 is 0 Å². The quantitative estimate of drug-likeness (QED) is 0.506. The van der Waals surface area contributed by atoms with E-state index in [-0.39, 0.29) is 0 Å². The molecule has 0 fully saturated rings. The molecule has 3 rings (SSSR count). The van der Waals surface area contributed by atoms with Crippen LogP contribution in [0.25, 0.3) is 22.0 Å². The van der Waals surface area contributed by atoms with Crippen molar-refractivity contribution in [2.45, 2.75) is 20.4 Å². The summed E-state index contributed by atoms with van der Waals surface area (Å²) in [6.45, 7) is 5.12. The van der Waals surface area contributed by atoms with E-state index in [9.17, 15) is 0 Å². The van der Waals surface area contributed by atoms with Crippen molar-refractivity contribution in [3.8, 4) is 11.3 Å². The van der Waals surface area contributed by atoms with Crippen molar-refractivity contribution in [2.24, 2.45) is 0 Å². The lowest BCUT2D eigenvalue weighted by Gasteiger charge is -2.21. The molecule has 2 aliphatic rings. The van der Waals surface area contributed by atoms with Gasteiger partial charge >= 0.3 is 0 Å². The summed E-state index contributed by atoms with van der Waals surface area (Å²) in [5.41, 5.74) is 10.2. The van der Waals surface area contributed by atoms with Gasteiger partial charge in [-0.1, -0.05) is 12.1 Å². The maximum atomic E-state index is 7.83. The number of aryl methyl sites for hydroxylation is 1. The summed E-state index contributed by atoms with van der Waals surface area (Å²) in [6, 6.07) is 11.8. The maximum Gasteiger partial charge on any atom is 0.0561 e. The molecule has 3 heteroatoms. The van der Waals surface area contributed by atoms with Crippen molar-refractivity contribution < 1.29 is 0 Å². The number of hydrogen-bond donors (Lipinski definition) is 2. The van der Waals surface area contributed by atoms with E-state index in [0.29, 0.717) is 5.36 Å². The second-order valence-corrected chi connectivity index (χ2v) is 4.87. The fourth-order valence-electron chi connectivity index (χ4n) is 2.81. The zero-order valence-electron chi connectivity index (χ0n) is 11.2. The van der Waals surface area contributed by atoms with Gasteiger partial charge in [-0.05, 0) is 43.5 Å². The van der Waals surface area contributed by atoms with Crippen molar-refractivity contribution in [3.05, 3.63) is 47.4 Å². The third-order valence-corrected chi connectivity index (χ3v) is 3.73. The molecule has 0 amide bonds. The topological polar surface area (TPSA) is 54.8 Å². The van der Waals surface area contributed by atoms with Crippen molar-refractivity contribution in [1.29, 1.82) is 5.41 Å². The minimum Gasteiger partial charge on any atom is -0.399 e. The van der Waals surface area contributed by atoms with Crippen LogP contribution in [0.15, 0.2) is 36.4 Å². The molecule has 3 nitrogen and oxygen atoms in total. The molecule has 3 N–H and O–H groups in total. The number of pyridine rings is 1. The lowest BCUT2D eigenvalue weighted by molar-refractivity contribution is 0.742. The highest BCUT2D eigenvalue weighted by Gasteiger charge is 2.13. The molecule has 1 aliphatic heterocycles. The molecule has 96 valence electrons. The number of benzene rings is 2.